The molecule has 334 valence electrons. The second-order valence-corrected chi connectivity index (χ2v) is 14.7. The van der Waals surface area contributed by atoms with Crippen molar-refractivity contribution in [3.63, 3.8) is 0 Å². The molecule has 6 rings (SSSR count). The number of hydrogen-bond donors (Lipinski definition) is 6. The van der Waals surface area contributed by atoms with Gasteiger partial charge in [-0.1, -0.05) is 85.1 Å². The molecule has 4 aromatic rings. The summed E-state index contributed by atoms with van der Waals surface area (Å²) in [5.74, 6) is -2.73. The molecule has 2 aliphatic heterocycles. The fourth-order valence-corrected chi connectivity index (χ4v) is 5.86. The van der Waals surface area contributed by atoms with Gasteiger partial charge < -0.3 is 30.4 Å². The minimum Gasteiger partial charge on any atom is -0.481 e. The molecule has 0 aliphatic carbocycles. The number of aromatic amines is 2. The maximum absolute atomic E-state index is 9.87. The summed E-state index contributed by atoms with van der Waals surface area (Å²) in [7, 11) is 0. The molecule has 0 atom stereocenters. The van der Waals surface area contributed by atoms with Crippen LogP contribution in [0.5, 0.6) is 0 Å². The summed E-state index contributed by atoms with van der Waals surface area (Å²) >= 11 is 0. The molecule has 2 aliphatic rings. The van der Waals surface area contributed by atoms with Crippen LogP contribution in [0.3, 0.4) is 0 Å². The highest BCUT2D eigenvalue weighted by Crippen LogP contribution is 2.26. The second kappa shape index (κ2) is 30.6. The Bertz CT molecular complexity index is 2110. The van der Waals surface area contributed by atoms with Gasteiger partial charge in [-0.3, -0.25) is 24.2 Å². The van der Waals surface area contributed by atoms with E-state index in [1.807, 2.05) is 79.0 Å². The molecular formula is C49H65N5O8. The van der Waals surface area contributed by atoms with Gasteiger partial charge in [-0.2, -0.15) is 0 Å². The van der Waals surface area contributed by atoms with Gasteiger partial charge in [0.2, 0.25) is 0 Å². The fourth-order valence-electron chi connectivity index (χ4n) is 5.86. The van der Waals surface area contributed by atoms with E-state index in [2.05, 4.69) is 54.8 Å². The van der Waals surface area contributed by atoms with Crippen LogP contribution in [-0.2, 0) is 19.2 Å². The summed E-state index contributed by atoms with van der Waals surface area (Å²) in [5, 5.41) is 32.6. The molecule has 4 aromatic heterocycles. The third-order valence-electron chi connectivity index (χ3n) is 9.09. The minimum atomic E-state index is -0.682. The number of carboxylic acids is 4. The van der Waals surface area contributed by atoms with Crippen LogP contribution in [0.15, 0.2) is 66.9 Å². The van der Waals surface area contributed by atoms with Gasteiger partial charge in [-0.25, -0.2) is 9.97 Å². The Morgan fingerprint density at radius 3 is 1.21 bits per heavy atom. The van der Waals surface area contributed by atoms with Crippen molar-refractivity contribution in [2.45, 2.75) is 130 Å². The smallest absolute Gasteiger partial charge is 0.303 e. The normalized spacial score (nSPS) is 10.7. The van der Waals surface area contributed by atoms with Crippen molar-refractivity contribution < 1.29 is 39.6 Å². The Kier molecular flexibility index (Phi) is 25.6. The Morgan fingerprint density at radius 1 is 0.468 bits per heavy atom. The first-order valence-corrected chi connectivity index (χ1v) is 21.7. The van der Waals surface area contributed by atoms with Gasteiger partial charge in [0, 0.05) is 54.0 Å². The third-order valence-corrected chi connectivity index (χ3v) is 9.09. The molecule has 8 bridgehead atoms. The van der Waals surface area contributed by atoms with E-state index >= 15 is 0 Å². The number of pyridine rings is 1. The number of fused-ring (bicyclic) bond motifs is 8. The van der Waals surface area contributed by atoms with E-state index in [0.29, 0.717) is 25.7 Å². The lowest BCUT2D eigenvalue weighted by Gasteiger charge is -1.96. The zero-order valence-corrected chi connectivity index (χ0v) is 36.7. The minimum absolute atomic E-state index is 0.327. The molecule has 0 unspecified atom stereocenters. The number of unbranched alkanes of at least 4 members (excludes halogenated alkanes) is 8. The lowest BCUT2D eigenvalue weighted by atomic mass is 10.1. The van der Waals surface area contributed by atoms with E-state index in [0.717, 1.165) is 133 Å². The third kappa shape index (κ3) is 22.8. The molecule has 13 nitrogen and oxygen atoms in total. The standard InChI is InChI=1S/C25H17N5.4C6H12O2/c1-2-10-26-24(3-1)23-14-22-13-20-7-6-18(28-20)11-16-4-5-17(27-16)12-19-8-9-21(29-19)15-25(23)30-22;4*1-2-3-4-5-6(7)8/h1-15,27,30H;4*2-5H2,1H3,(H,7,8). The summed E-state index contributed by atoms with van der Waals surface area (Å²) in [6.07, 6.45) is 23.0. The van der Waals surface area contributed by atoms with E-state index in [-0.39, 0.29) is 0 Å². The van der Waals surface area contributed by atoms with E-state index in [4.69, 9.17) is 30.4 Å². The maximum Gasteiger partial charge on any atom is 0.303 e. The Labute approximate surface area is 365 Å². The van der Waals surface area contributed by atoms with Crippen molar-refractivity contribution in [2.24, 2.45) is 0 Å². The Balaban J connectivity index is 0.000000339. The van der Waals surface area contributed by atoms with Crippen molar-refractivity contribution in [1.29, 1.82) is 0 Å². The Morgan fingerprint density at radius 2 is 0.855 bits per heavy atom. The zero-order valence-electron chi connectivity index (χ0n) is 36.7. The number of carboxylic acid groups (broad SMARTS) is 4. The first-order chi connectivity index (χ1) is 29.9. The predicted molar refractivity (Wildman–Crippen MR) is 249 cm³/mol. The summed E-state index contributed by atoms with van der Waals surface area (Å²) < 4.78 is 0. The van der Waals surface area contributed by atoms with Crippen LogP contribution in [0.25, 0.3) is 57.6 Å². The molecule has 0 spiro atoms. The number of carbonyl (C=O) groups is 4. The molecule has 0 radical (unpaired) electrons. The molecule has 0 aromatic carbocycles. The first kappa shape index (κ1) is 51.8. The van der Waals surface area contributed by atoms with Crippen LogP contribution in [-0.4, -0.2) is 69.2 Å². The van der Waals surface area contributed by atoms with Gasteiger partial charge in [0.15, 0.2) is 0 Å². The van der Waals surface area contributed by atoms with Crippen LogP contribution in [0.1, 0.15) is 153 Å². The van der Waals surface area contributed by atoms with E-state index < -0.39 is 23.9 Å². The first-order valence-electron chi connectivity index (χ1n) is 21.7. The highest BCUT2D eigenvalue weighted by atomic mass is 16.4. The lowest BCUT2D eigenvalue weighted by Crippen LogP contribution is -1.92. The van der Waals surface area contributed by atoms with Crippen molar-refractivity contribution in [3.8, 4) is 11.3 Å². The number of aromatic nitrogens is 5. The van der Waals surface area contributed by atoms with Gasteiger partial charge in [0.05, 0.1) is 34.0 Å². The molecule has 62 heavy (non-hydrogen) atoms. The van der Waals surface area contributed by atoms with Gasteiger partial charge in [-0.05, 0) is 105 Å². The van der Waals surface area contributed by atoms with Crippen LogP contribution in [0, 0.1) is 0 Å². The highest BCUT2D eigenvalue weighted by Gasteiger charge is 2.08. The average Bonchev–Trinajstić information content (AvgIpc) is 4.06. The topological polar surface area (TPSA) is 219 Å². The number of H-pyrrole nitrogens is 2. The van der Waals surface area contributed by atoms with Gasteiger partial charge in [-0.15, -0.1) is 0 Å². The molecule has 0 saturated carbocycles. The zero-order chi connectivity index (χ0) is 45.5. The van der Waals surface area contributed by atoms with E-state index in [1.165, 1.54) is 0 Å². The van der Waals surface area contributed by atoms with Gasteiger partial charge in [0.1, 0.15) is 0 Å². The van der Waals surface area contributed by atoms with E-state index in [9.17, 15) is 19.2 Å². The van der Waals surface area contributed by atoms with E-state index in [1.54, 1.807) is 0 Å². The quantitative estimate of drug-likeness (QED) is 0.0474. The average molecular weight is 852 g/mol. The number of hydrogen-bond acceptors (Lipinski definition) is 7. The second-order valence-electron chi connectivity index (χ2n) is 14.7. The molecule has 13 heteroatoms. The van der Waals surface area contributed by atoms with Crippen molar-refractivity contribution in [3.05, 3.63) is 89.6 Å². The highest BCUT2D eigenvalue weighted by molar-refractivity contribution is 5.86. The number of nitrogens with zero attached hydrogens (tertiary/aromatic N) is 3. The van der Waals surface area contributed by atoms with Crippen molar-refractivity contribution >= 4 is 70.2 Å². The fraction of sp³-hybridized carbons (Fsp3) is 0.408. The number of aliphatic carboxylic acids is 4. The summed E-state index contributed by atoms with van der Waals surface area (Å²) in [5.41, 5.74) is 9.53. The number of nitrogens with one attached hydrogen (secondary N) is 2. The summed E-state index contributed by atoms with van der Waals surface area (Å²) in [4.78, 5) is 60.4. The number of rotatable bonds is 17. The molecular weight excluding hydrogens is 787 g/mol. The van der Waals surface area contributed by atoms with Crippen molar-refractivity contribution in [2.75, 3.05) is 0 Å². The molecule has 0 fully saturated rings. The summed E-state index contributed by atoms with van der Waals surface area (Å²) in [6, 6.07) is 20.3. The van der Waals surface area contributed by atoms with Crippen molar-refractivity contribution in [1.82, 2.24) is 24.9 Å². The van der Waals surface area contributed by atoms with Gasteiger partial charge in [0.25, 0.3) is 0 Å². The molecule has 6 N–H and O–H groups in total. The van der Waals surface area contributed by atoms with Gasteiger partial charge >= 0.3 is 23.9 Å². The largest absolute Gasteiger partial charge is 0.481 e. The van der Waals surface area contributed by atoms with Crippen LogP contribution < -0.4 is 0 Å². The SMILES string of the molecule is C1=Cc2cc3cc(-c4ccccn4)c(cc4nc(cc5ccc(cc1n2)[nH]5)C=C4)[nH]3.CCCCCC(=O)O.CCCCCC(=O)O.CCCCCC(=O)O.CCCCCC(=O)O. The lowest BCUT2D eigenvalue weighted by molar-refractivity contribution is -0.138. The monoisotopic (exact) mass is 851 g/mol. The molecule has 0 amide bonds. The summed E-state index contributed by atoms with van der Waals surface area (Å²) in [6.45, 7) is 8.23. The Hall–Kier alpha value is -6.37. The van der Waals surface area contributed by atoms with Crippen LogP contribution in [0.4, 0.5) is 0 Å². The maximum atomic E-state index is 9.87. The predicted octanol–water partition coefficient (Wildman–Crippen LogP) is 12.3. The molecule has 0 saturated heterocycles. The molecule has 6 heterocycles. The van der Waals surface area contributed by atoms with Crippen LogP contribution >= 0.6 is 0 Å². The van der Waals surface area contributed by atoms with Crippen LogP contribution in [0.2, 0.25) is 0 Å².